The molecule has 1 atom stereocenters. The van der Waals surface area contributed by atoms with E-state index in [0.717, 1.165) is 18.7 Å². The zero-order valence-electron chi connectivity index (χ0n) is 13.3. The third-order valence-electron chi connectivity index (χ3n) is 4.14. The summed E-state index contributed by atoms with van der Waals surface area (Å²) in [4.78, 5) is 18.6. The Morgan fingerprint density at radius 3 is 2.50 bits per heavy atom. The van der Waals surface area contributed by atoms with Crippen molar-refractivity contribution in [2.75, 3.05) is 32.8 Å². The van der Waals surface area contributed by atoms with Crippen LogP contribution in [0.3, 0.4) is 0 Å². The van der Waals surface area contributed by atoms with Gasteiger partial charge in [-0.2, -0.15) is 0 Å². The minimum Gasteiger partial charge on any atom is -0.379 e. The van der Waals surface area contributed by atoms with Crippen LogP contribution in [0, 0.1) is 0 Å². The van der Waals surface area contributed by atoms with E-state index in [1.165, 1.54) is 0 Å². The highest BCUT2D eigenvalue weighted by atomic mass is 35.5. The molecule has 1 aliphatic heterocycles. The van der Waals surface area contributed by atoms with Crippen molar-refractivity contribution in [1.82, 2.24) is 15.2 Å². The van der Waals surface area contributed by atoms with E-state index in [4.69, 9.17) is 16.3 Å². The van der Waals surface area contributed by atoms with Gasteiger partial charge in [0.2, 0.25) is 0 Å². The van der Waals surface area contributed by atoms with E-state index in [0.29, 0.717) is 30.3 Å². The van der Waals surface area contributed by atoms with Crippen LogP contribution >= 0.6 is 11.6 Å². The van der Waals surface area contributed by atoms with Crippen LogP contribution in [0.5, 0.6) is 0 Å². The summed E-state index contributed by atoms with van der Waals surface area (Å²) >= 11 is 6.00. The Kier molecular flexibility index (Phi) is 5.80. The molecule has 126 valence electrons. The maximum absolute atomic E-state index is 12.3. The summed E-state index contributed by atoms with van der Waals surface area (Å²) in [5.41, 5.74) is 1.75. The van der Waals surface area contributed by atoms with E-state index >= 15 is 0 Å². The molecule has 0 radical (unpaired) electrons. The SMILES string of the molecule is O=C(NC[C@@H](c1ccc(Cl)cc1)N1CCOCC1)c1ccncc1. The fourth-order valence-corrected chi connectivity index (χ4v) is 2.95. The molecule has 0 aliphatic carbocycles. The number of nitrogens with one attached hydrogen (secondary N) is 1. The molecule has 1 N–H and O–H groups in total. The topological polar surface area (TPSA) is 54.5 Å². The molecule has 1 fully saturated rings. The second-order valence-electron chi connectivity index (χ2n) is 5.66. The van der Waals surface area contributed by atoms with Gasteiger partial charge in [0.25, 0.3) is 5.91 Å². The summed E-state index contributed by atoms with van der Waals surface area (Å²) < 4.78 is 5.44. The van der Waals surface area contributed by atoms with Crippen LogP contribution in [0.2, 0.25) is 5.02 Å². The predicted molar refractivity (Wildman–Crippen MR) is 93.2 cm³/mol. The van der Waals surface area contributed by atoms with Gasteiger partial charge in [0.05, 0.1) is 19.3 Å². The predicted octanol–water partition coefficient (Wildman–Crippen LogP) is 2.54. The van der Waals surface area contributed by atoms with Crippen molar-refractivity contribution in [3.63, 3.8) is 0 Å². The molecule has 6 heteroatoms. The van der Waals surface area contributed by atoms with Crippen LogP contribution < -0.4 is 5.32 Å². The number of benzene rings is 1. The monoisotopic (exact) mass is 345 g/mol. The van der Waals surface area contributed by atoms with E-state index in [1.54, 1.807) is 24.5 Å². The van der Waals surface area contributed by atoms with Gasteiger partial charge in [0, 0.05) is 42.6 Å². The Hall–Kier alpha value is -1.95. The normalized spacial score (nSPS) is 16.5. The molecule has 1 aliphatic rings. The van der Waals surface area contributed by atoms with Crippen molar-refractivity contribution < 1.29 is 9.53 Å². The van der Waals surface area contributed by atoms with Gasteiger partial charge in [0.1, 0.15) is 0 Å². The number of carbonyl (C=O) groups is 1. The fourth-order valence-electron chi connectivity index (χ4n) is 2.83. The number of rotatable bonds is 5. The quantitative estimate of drug-likeness (QED) is 0.904. The van der Waals surface area contributed by atoms with E-state index < -0.39 is 0 Å². The number of halogens is 1. The number of aromatic nitrogens is 1. The van der Waals surface area contributed by atoms with Crippen LogP contribution in [0.15, 0.2) is 48.8 Å². The van der Waals surface area contributed by atoms with Crippen LogP contribution in [0.25, 0.3) is 0 Å². The molecule has 0 unspecified atom stereocenters. The van der Waals surface area contributed by atoms with Gasteiger partial charge in [-0.1, -0.05) is 23.7 Å². The smallest absolute Gasteiger partial charge is 0.251 e. The molecular weight excluding hydrogens is 326 g/mol. The molecule has 1 aromatic heterocycles. The molecule has 24 heavy (non-hydrogen) atoms. The molecule has 1 aromatic carbocycles. The van der Waals surface area contributed by atoms with Crippen LogP contribution in [-0.2, 0) is 4.74 Å². The van der Waals surface area contributed by atoms with Crippen molar-refractivity contribution in [3.05, 3.63) is 64.9 Å². The first-order valence-corrected chi connectivity index (χ1v) is 8.37. The lowest BCUT2D eigenvalue weighted by molar-refractivity contribution is 0.0162. The highest BCUT2D eigenvalue weighted by Gasteiger charge is 2.23. The van der Waals surface area contributed by atoms with Gasteiger partial charge in [-0.05, 0) is 29.8 Å². The summed E-state index contributed by atoms with van der Waals surface area (Å²) in [6, 6.07) is 11.3. The Morgan fingerprint density at radius 1 is 1.17 bits per heavy atom. The van der Waals surface area contributed by atoms with Crippen LogP contribution in [0.1, 0.15) is 22.0 Å². The average molecular weight is 346 g/mol. The van der Waals surface area contributed by atoms with E-state index in [1.807, 2.05) is 24.3 Å². The van der Waals surface area contributed by atoms with Crippen molar-refractivity contribution >= 4 is 17.5 Å². The minimum atomic E-state index is -0.0929. The second-order valence-corrected chi connectivity index (χ2v) is 6.10. The molecule has 0 spiro atoms. The van der Waals surface area contributed by atoms with E-state index in [2.05, 4.69) is 15.2 Å². The summed E-state index contributed by atoms with van der Waals surface area (Å²) in [7, 11) is 0. The van der Waals surface area contributed by atoms with Crippen molar-refractivity contribution in [1.29, 1.82) is 0 Å². The van der Waals surface area contributed by atoms with Gasteiger partial charge < -0.3 is 10.1 Å². The average Bonchev–Trinajstić information content (AvgIpc) is 2.65. The van der Waals surface area contributed by atoms with Crippen LogP contribution in [-0.4, -0.2) is 48.6 Å². The standard InChI is InChI=1S/C18H20ClN3O2/c19-16-3-1-14(2-4-16)17(22-9-11-24-12-10-22)13-21-18(23)15-5-7-20-8-6-15/h1-8,17H,9-13H2,(H,21,23)/t17-/m0/s1. The zero-order valence-corrected chi connectivity index (χ0v) is 14.1. The van der Waals surface area contributed by atoms with Gasteiger partial charge in [-0.25, -0.2) is 0 Å². The highest BCUT2D eigenvalue weighted by Crippen LogP contribution is 2.23. The Balaban J connectivity index is 1.72. The van der Waals surface area contributed by atoms with Gasteiger partial charge in [-0.15, -0.1) is 0 Å². The summed E-state index contributed by atoms with van der Waals surface area (Å²) in [5, 5.41) is 3.74. The Labute approximate surface area is 146 Å². The number of hydrogen-bond acceptors (Lipinski definition) is 4. The van der Waals surface area contributed by atoms with E-state index in [-0.39, 0.29) is 11.9 Å². The minimum absolute atomic E-state index is 0.0929. The van der Waals surface area contributed by atoms with Crippen molar-refractivity contribution in [2.24, 2.45) is 0 Å². The fraction of sp³-hybridized carbons (Fsp3) is 0.333. The lowest BCUT2D eigenvalue weighted by atomic mass is 10.0. The third kappa shape index (κ3) is 4.32. The molecule has 3 rings (SSSR count). The molecular formula is C18H20ClN3O2. The third-order valence-corrected chi connectivity index (χ3v) is 4.39. The molecule has 1 saturated heterocycles. The number of morpholine rings is 1. The maximum Gasteiger partial charge on any atom is 0.251 e. The number of hydrogen-bond donors (Lipinski definition) is 1. The van der Waals surface area contributed by atoms with Gasteiger partial charge >= 0.3 is 0 Å². The Bertz CT molecular complexity index is 658. The zero-order chi connectivity index (χ0) is 16.8. The van der Waals surface area contributed by atoms with Crippen molar-refractivity contribution in [3.8, 4) is 0 Å². The largest absolute Gasteiger partial charge is 0.379 e. The first kappa shape index (κ1) is 16.9. The highest BCUT2D eigenvalue weighted by molar-refractivity contribution is 6.30. The number of pyridine rings is 1. The summed E-state index contributed by atoms with van der Waals surface area (Å²) in [6.45, 7) is 3.64. The molecule has 0 saturated carbocycles. The molecule has 0 bridgehead atoms. The Morgan fingerprint density at radius 2 is 1.83 bits per heavy atom. The number of nitrogens with zero attached hydrogens (tertiary/aromatic N) is 2. The van der Waals surface area contributed by atoms with E-state index in [9.17, 15) is 4.79 Å². The number of ether oxygens (including phenoxy) is 1. The van der Waals surface area contributed by atoms with Gasteiger partial charge in [-0.3, -0.25) is 14.7 Å². The molecule has 5 nitrogen and oxygen atoms in total. The molecule has 2 heterocycles. The summed E-state index contributed by atoms with van der Waals surface area (Å²) in [6.07, 6.45) is 3.24. The summed E-state index contributed by atoms with van der Waals surface area (Å²) in [5.74, 6) is -0.0929. The first-order valence-electron chi connectivity index (χ1n) is 7.99. The first-order chi connectivity index (χ1) is 11.7. The van der Waals surface area contributed by atoms with Crippen LogP contribution in [0.4, 0.5) is 0 Å². The second kappa shape index (κ2) is 8.24. The number of carbonyl (C=O) groups excluding carboxylic acids is 1. The molecule has 1 amide bonds. The number of amides is 1. The lowest BCUT2D eigenvalue weighted by Crippen LogP contribution is -2.43. The lowest BCUT2D eigenvalue weighted by Gasteiger charge is -2.35. The molecule has 2 aromatic rings. The van der Waals surface area contributed by atoms with Crippen molar-refractivity contribution in [2.45, 2.75) is 6.04 Å². The van der Waals surface area contributed by atoms with Gasteiger partial charge in [0.15, 0.2) is 0 Å². The maximum atomic E-state index is 12.3.